The maximum absolute atomic E-state index is 12.6. The first kappa shape index (κ1) is 20.6. The van der Waals surface area contributed by atoms with Crippen LogP contribution in [0.25, 0.3) is 0 Å². The molecule has 1 unspecified atom stereocenters. The average molecular weight is 363 g/mol. The Balaban J connectivity index is 2.12. The Morgan fingerprint density at radius 3 is 2.46 bits per heavy atom. The van der Waals surface area contributed by atoms with Gasteiger partial charge in [-0.25, -0.2) is 0 Å². The van der Waals surface area contributed by atoms with E-state index in [0.717, 1.165) is 36.3 Å². The van der Waals surface area contributed by atoms with E-state index in [4.69, 9.17) is 15.2 Å². The molecule has 1 aromatic carbocycles. The zero-order valence-electron chi connectivity index (χ0n) is 16.6. The number of rotatable bonds is 9. The van der Waals surface area contributed by atoms with Crippen LogP contribution in [-0.4, -0.2) is 25.2 Å². The molecule has 0 heterocycles. The minimum Gasteiger partial charge on any atom is -0.490 e. The van der Waals surface area contributed by atoms with Crippen LogP contribution >= 0.6 is 0 Å². The van der Waals surface area contributed by atoms with Crippen molar-refractivity contribution >= 4 is 5.91 Å². The van der Waals surface area contributed by atoms with Crippen molar-refractivity contribution in [2.24, 2.45) is 17.6 Å². The standard InChI is InChI=1S/C21H34N2O3/c1-5-25-18-11-10-16(12-19(18)26-6-2)21(14(3)4)23-20(24)13-15-8-7-9-17(15)22/h10-12,14-15,17,21H,5-9,13,22H2,1-4H3,(H,23,24)/t15-,17+,21?/m0/s1. The van der Waals surface area contributed by atoms with Crippen molar-refractivity contribution < 1.29 is 14.3 Å². The molecule has 1 fully saturated rings. The van der Waals surface area contributed by atoms with Gasteiger partial charge >= 0.3 is 0 Å². The van der Waals surface area contributed by atoms with E-state index in [0.29, 0.717) is 25.6 Å². The van der Waals surface area contributed by atoms with Gasteiger partial charge in [0.05, 0.1) is 19.3 Å². The van der Waals surface area contributed by atoms with Gasteiger partial charge in [-0.1, -0.05) is 26.3 Å². The molecule has 0 aromatic heterocycles. The summed E-state index contributed by atoms with van der Waals surface area (Å²) in [4.78, 5) is 12.6. The summed E-state index contributed by atoms with van der Waals surface area (Å²) in [5, 5.41) is 3.21. The van der Waals surface area contributed by atoms with E-state index < -0.39 is 0 Å². The molecule has 2 rings (SSSR count). The van der Waals surface area contributed by atoms with Crippen molar-refractivity contribution in [3.63, 3.8) is 0 Å². The van der Waals surface area contributed by atoms with Gasteiger partial charge in [0.15, 0.2) is 11.5 Å². The molecule has 1 saturated carbocycles. The number of amides is 1. The second-order valence-electron chi connectivity index (χ2n) is 7.42. The third-order valence-corrected chi connectivity index (χ3v) is 5.08. The first-order valence-electron chi connectivity index (χ1n) is 9.90. The fourth-order valence-electron chi connectivity index (χ4n) is 3.69. The van der Waals surface area contributed by atoms with Crippen LogP contribution in [0.15, 0.2) is 18.2 Å². The highest BCUT2D eigenvalue weighted by atomic mass is 16.5. The highest BCUT2D eigenvalue weighted by Crippen LogP contribution is 2.33. The van der Waals surface area contributed by atoms with Crippen molar-refractivity contribution in [2.45, 2.75) is 65.5 Å². The van der Waals surface area contributed by atoms with Gasteiger partial charge in [0.25, 0.3) is 0 Å². The number of benzene rings is 1. The molecule has 3 N–H and O–H groups in total. The van der Waals surface area contributed by atoms with E-state index in [1.807, 2.05) is 32.0 Å². The van der Waals surface area contributed by atoms with E-state index in [-0.39, 0.29) is 23.9 Å². The second kappa shape index (κ2) is 9.81. The summed E-state index contributed by atoms with van der Waals surface area (Å²) in [5.41, 5.74) is 7.15. The molecule has 1 aliphatic rings. The van der Waals surface area contributed by atoms with Gasteiger partial charge in [-0.15, -0.1) is 0 Å². The number of carbonyl (C=O) groups is 1. The summed E-state index contributed by atoms with van der Waals surface area (Å²) in [5.74, 6) is 2.12. The van der Waals surface area contributed by atoms with Crippen LogP contribution < -0.4 is 20.5 Å². The Bertz CT molecular complexity index is 589. The maximum atomic E-state index is 12.6. The number of nitrogens with one attached hydrogen (secondary N) is 1. The van der Waals surface area contributed by atoms with Gasteiger partial charge in [0, 0.05) is 12.5 Å². The lowest BCUT2D eigenvalue weighted by atomic mass is 9.94. The number of nitrogens with two attached hydrogens (primary N) is 1. The van der Waals surface area contributed by atoms with E-state index in [1.54, 1.807) is 0 Å². The number of hydrogen-bond acceptors (Lipinski definition) is 4. The third kappa shape index (κ3) is 5.37. The molecule has 5 nitrogen and oxygen atoms in total. The molecule has 26 heavy (non-hydrogen) atoms. The lowest BCUT2D eigenvalue weighted by molar-refractivity contribution is -0.123. The van der Waals surface area contributed by atoms with Gasteiger partial charge in [0.2, 0.25) is 5.91 Å². The molecule has 146 valence electrons. The Morgan fingerprint density at radius 1 is 1.19 bits per heavy atom. The van der Waals surface area contributed by atoms with Crippen molar-refractivity contribution in [3.05, 3.63) is 23.8 Å². The monoisotopic (exact) mass is 362 g/mol. The molecule has 0 bridgehead atoms. The largest absolute Gasteiger partial charge is 0.490 e. The van der Waals surface area contributed by atoms with Crippen LogP contribution in [-0.2, 0) is 4.79 Å². The fourth-order valence-corrected chi connectivity index (χ4v) is 3.69. The van der Waals surface area contributed by atoms with Gasteiger partial charge in [0.1, 0.15) is 0 Å². The summed E-state index contributed by atoms with van der Waals surface area (Å²) in [6.45, 7) is 9.29. The van der Waals surface area contributed by atoms with Crippen molar-refractivity contribution in [1.82, 2.24) is 5.32 Å². The molecular weight excluding hydrogens is 328 g/mol. The van der Waals surface area contributed by atoms with E-state index >= 15 is 0 Å². The molecule has 0 aliphatic heterocycles. The molecule has 0 radical (unpaired) electrons. The third-order valence-electron chi connectivity index (χ3n) is 5.08. The molecule has 5 heteroatoms. The predicted molar refractivity (Wildman–Crippen MR) is 104 cm³/mol. The topological polar surface area (TPSA) is 73.6 Å². The lowest BCUT2D eigenvalue weighted by Crippen LogP contribution is -2.35. The number of hydrogen-bond donors (Lipinski definition) is 2. The van der Waals surface area contributed by atoms with E-state index in [2.05, 4.69) is 19.2 Å². The first-order chi connectivity index (χ1) is 12.5. The summed E-state index contributed by atoms with van der Waals surface area (Å²) in [6.07, 6.45) is 3.73. The SMILES string of the molecule is CCOc1ccc(C(NC(=O)C[C@@H]2CCC[C@H]2N)C(C)C)cc1OCC. The molecule has 1 aliphatic carbocycles. The normalized spacial score (nSPS) is 20.8. The summed E-state index contributed by atoms with van der Waals surface area (Å²) in [7, 11) is 0. The number of carbonyl (C=O) groups excluding carboxylic acids is 1. The lowest BCUT2D eigenvalue weighted by Gasteiger charge is -2.25. The first-order valence-corrected chi connectivity index (χ1v) is 9.90. The Labute approximate surface area is 157 Å². The maximum Gasteiger partial charge on any atom is 0.220 e. The Morgan fingerprint density at radius 2 is 1.88 bits per heavy atom. The van der Waals surface area contributed by atoms with Crippen molar-refractivity contribution in [2.75, 3.05) is 13.2 Å². The van der Waals surface area contributed by atoms with Crippen LogP contribution in [0.5, 0.6) is 11.5 Å². The van der Waals surface area contributed by atoms with Crippen LogP contribution in [0.3, 0.4) is 0 Å². The van der Waals surface area contributed by atoms with Crippen LogP contribution in [0.2, 0.25) is 0 Å². The molecule has 1 amide bonds. The minimum atomic E-state index is -0.0602. The highest BCUT2D eigenvalue weighted by Gasteiger charge is 2.28. The molecule has 1 aromatic rings. The Kier molecular flexibility index (Phi) is 7.76. The predicted octanol–water partition coefficient (Wildman–Crippen LogP) is 3.81. The van der Waals surface area contributed by atoms with Crippen LogP contribution in [0.1, 0.15) is 65.0 Å². The van der Waals surface area contributed by atoms with Crippen LogP contribution in [0.4, 0.5) is 0 Å². The summed E-state index contributed by atoms with van der Waals surface area (Å²) in [6, 6.07) is 6.03. The highest BCUT2D eigenvalue weighted by molar-refractivity contribution is 5.77. The molecular formula is C21H34N2O3. The molecule has 0 spiro atoms. The van der Waals surface area contributed by atoms with E-state index in [9.17, 15) is 4.79 Å². The minimum absolute atomic E-state index is 0.0602. The van der Waals surface area contributed by atoms with Gasteiger partial charge < -0.3 is 20.5 Å². The van der Waals surface area contributed by atoms with Gasteiger partial charge in [-0.05, 0) is 56.2 Å². The summed E-state index contributed by atoms with van der Waals surface area (Å²) < 4.78 is 11.4. The molecule has 3 atom stereocenters. The second-order valence-corrected chi connectivity index (χ2v) is 7.42. The summed E-state index contributed by atoms with van der Waals surface area (Å²) >= 11 is 0. The zero-order valence-corrected chi connectivity index (χ0v) is 16.6. The fraction of sp³-hybridized carbons (Fsp3) is 0.667. The number of ether oxygens (including phenoxy) is 2. The molecule has 0 saturated heterocycles. The quantitative estimate of drug-likeness (QED) is 0.700. The smallest absolute Gasteiger partial charge is 0.220 e. The van der Waals surface area contributed by atoms with Crippen LogP contribution in [0, 0.1) is 11.8 Å². The van der Waals surface area contributed by atoms with Gasteiger partial charge in [-0.3, -0.25) is 4.79 Å². The zero-order chi connectivity index (χ0) is 19.1. The van der Waals surface area contributed by atoms with Crippen molar-refractivity contribution in [1.29, 1.82) is 0 Å². The van der Waals surface area contributed by atoms with Crippen molar-refractivity contribution in [3.8, 4) is 11.5 Å². The average Bonchev–Trinajstić information content (AvgIpc) is 2.99. The van der Waals surface area contributed by atoms with Gasteiger partial charge in [-0.2, -0.15) is 0 Å². The Hall–Kier alpha value is -1.75. The van der Waals surface area contributed by atoms with E-state index in [1.165, 1.54) is 0 Å².